The van der Waals surface area contributed by atoms with Crippen molar-refractivity contribution < 1.29 is 13.2 Å². The number of rotatable bonds is 8. The van der Waals surface area contributed by atoms with Crippen LogP contribution in [0.15, 0.2) is 261 Å². The third-order valence-corrected chi connectivity index (χ3v) is 15.7. The first-order chi connectivity index (χ1) is 39.2. The van der Waals surface area contributed by atoms with E-state index in [4.69, 9.17) is 9.97 Å². The molecule has 0 bridgehead atoms. The van der Waals surface area contributed by atoms with Crippen LogP contribution in [0.2, 0.25) is 0 Å². The second-order valence-corrected chi connectivity index (χ2v) is 20.5. The summed E-state index contributed by atoms with van der Waals surface area (Å²) in [5.74, 6) is 0.524. The summed E-state index contributed by atoms with van der Waals surface area (Å²) in [6.45, 7) is 1.98. The first kappa shape index (κ1) is 46.9. The highest BCUT2D eigenvalue weighted by atomic mass is 19.4. The van der Waals surface area contributed by atoms with Crippen molar-refractivity contribution in [2.24, 2.45) is 0 Å². The molecule has 0 fully saturated rings. The fraction of sp³-hybridized carbons (Fsp3) is 0.0278. The van der Waals surface area contributed by atoms with Crippen LogP contribution in [0.25, 0.3) is 139 Å². The number of benzene rings is 11. The standard InChI is InChI=1S/C72H46F3N5/c1-45-28-38-68-60(40-45)61-43-51(72(73,74)75)33-39-69(61)80(68)70-58(46-29-34-52(35-30-46)78-64-24-12-8-20-54(64)55-21-9-13-25-65(55)78)41-50(71-76-62(48-16-4-2-5-17-48)44-63(77-71)49-18-6-3-7-19-49)42-59(70)47-31-36-53(37-32-47)79-66-26-14-10-22-56(66)57-23-11-15-27-67(57)79/h2-44H,1H3. The topological polar surface area (TPSA) is 40.6 Å². The molecule has 380 valence electrons. The normalized spacial score (nSPS) is 12.0. The average Bonchev–Trinajstić information content (AvgIpc) is 4.31. The highest BCUT2D eigenvalue weighted by Crippen LogP contribution is 2.46. The number of nitrogens with zero attached hydrogens (tertiary/aromatic N) is 5. The van der Waals surface area contributed by atoms with Crippen LogP contribution < -0.4 is 0 Å². The van der Waals surface area contributed by atoms with Crippen molar-refractivity contribution in [3.63, 3.8) is 0 Å². The predicted octanol–water partition coefficient (Wildman–Crippen LogP) is 19.4. The van der Waals surface area contributed by atoms with Gasteiger partial charge in [-0.05, 0) is 115 Å². The molecule has 15 rings (SSSR count). The van der Waals surface area contributed by atoms with E-state index in [9.17, 15) is 13.2 Å². The molecule has 4 aromatic heterocycles. The monoisotopic (exact) mass is 1040 g/mol. The summed E-state index contributed by atoms with van der Waals surface area (Å²) < 4.78 is 51.1. The van der Waals surface area contributed by atoms with Gasteiger partial charge < -0.3 is 13.7 Å². The van der Waals surface area contributed by atoms with E-state index in [0.717, 1.165) is 106 Å². The lowest BCUT2D eigenvalue weighted by Crippen LogP contribution is -2.05. The number of hydrogen-bond donors (Lipinski definition) is 0. The van der Waals surface area contributed by atoms with Crippen molar-refractivity contribution in [2.75, 3.05) is 0 Å². The van der Waals surface area contributed by atoms with Gasteiger partial charge in [-0.25, -0.2) is 9.97 Å². The van der Waals surface area contributed by atoms with Gasteiger partial charge in [-0.2, -0.15) is 13.2 Å². The molecule has 0 aliphatic carbocycles. The molecule has 8 heteroatoms. The van der Waals surface area contributed by atoms with E-state index in [1.165, 1.54) is 33.7 Å². The predicted molar refractivity (Wildman–Crippen MR) is 322 cm³/mol. The van der Waals surface area contributed by atoms with Crippen molar-refractivity contribution in [1.29, 1.82) is 0 Å². The SMILES string of the molecule is Cc1ccc2c(c1)c1cc(C(F)(F)F)ccc1n2-c1c(-c2ccc(-n3c4ccccc4c4ccccc43)cc2)cc(-c2nc(-c3ccccc3)cc(-c3ccccc3)n2)cc1-c1ccc(-n2c3ccccc3c3ccccc32)cc1. The Hall–Kier alpha value is -10.3. The molecule has 0 atom stereocenters. The smallest absolute Gasteiger partial charge is 0.309 e. The number of hydrogen-bond acceptors (Lipinski definition) is 2. The van der Waals surface area contributed by atoms with E-state index in [0.29, 0.717) is 16.7 Å². The molecule has 0 radical (unpaired) electrons. The Morgan fingerprint density at radius 1 is 0.312 bits per heavy atom. The van der Waals surface area contributed by atoms with Crippen LogP contribution in [0.1, 0.15) is 11.1 Å². The Balaban J connectivity index is 1.04. The quantitative estimate of drug-likeness (QED) is 0.152. The van der Waals surface area contributed by atoms with Gasteiger partial charge >= 0.3 is 6.18 Å². The van der Waals surface area contributed by atoms with Gasteiger partial charge in [-0.1, -0.05) is 169 Å². The summed E-state index contributed by atoms with van der Waals surface area (Å²) in [5.41, 5.74) is 16.5. The van der Waals surface area contributed by atoms with E-state index in [1.807, 2.05) is 67.6 Å². The van der Waals surface area contributed by atoms with Gasteiger partial charge in [0.1, 0.15) is 0 Å². The first-order valence-corrected chi connectivity index (χ1v) is 26.7. The van der Waals surface area contributed by atoms with Crippen LogP contribution in [-0.2, 0) is 6.18 Å². The maximum absolute atomic E-state index is 14.8. The van der Waals surface area contributed by atoms with E-state index in [-0.39, 0.29) is 0 Å². The lowest BCUT2D eigenvalue weighted by atomic mass is 9.92. The third kappa shape index (κ3) is 7.70. The summed E-state index contributed by atoms with van der Waals surface area (Å²) in [6.07, 6.45) is -4.55. The molecular weight excluding hydrogens is 992 g/mol. The Morgan fingerprint density at radius 2 is 0.700 bits per heavy atom. The molecule has 0 saturated heterocycles. The molecule has 80 heavy (non-hydrogen) atoms. The third-order valence-electron chi connectivity index (χ3n) is 15.7. The summed E-state index contributed by atoms with van der Waals surface area (Å²) in [6, 6.07) is 88.1. The molecule has 0 saturated carbocycles. The van der Waals surface area contributed by atoms with Crippen molar-refractivity contribution in [2.45, 2.75) is 13.1 Å². The second kappa shape index (κ2) is 18.4. The van der Waals surface area contributed by atoms with Gasteiger partial charge in [0, 0.05) is 71.5 Å². The van der Waals surface area contributed by atoms with Crippen LogP contribution in [-0.4, -0.2) is 23.7 Å². The van der Waals surface area contributed by atoms with E-state index < -0.39 is 11.7 Å². The van der Waals surface area contributed by atoms with Crippen molar-refractivity contribution in [3.8, 4) is 73.2 Å². The molecule has 0 N–H and O–H groups in total. The van der Waals surface area contributed by atoms with Crippen LogP contribution in [0.4, 0.5) is 13.2 Å². The van der Waals surface area contributed by atoms with Crippen LogP contribution >= 0.6 is 0 Å². The summed E-state index contributed by atoms with van der Waals surface area (Å²) in [4.78, 5) is 10.8. The molecule has 0 spiro atoms. The lowest BCUT2D eigenvalue weighted by Gasteiger charge is -2.22. The van der Waals surface area contributed by atoms with Gasteiger partial charge in [0.2, 0.25) is 0 Å². The number of aryl methyl sites for hydroxylation is 1. The molecule has 15 aromatic rings. The Morgan fingerprint density at radius 3 is 1.14 bits per heavy atom. The highest BCUT2D eigenvalue weighted by molar-refractivity contribution is 6.13. The number of fused-ring (bicyclic) bond motifs is 9. The van der Waals surface area contributed by atoms with Crippen molar-refractivity contribution >= 4 is 65.4 Å². The van der Waals surface area contributed by atoms with Crippen molar-refractivity contribution in [1.82, 2.24) is 23.7 Å². The van der Waals surface area contributed by atoms with Gasteiger partial charge in [-0.15, -0.1) is 0 Å². The van der Waals surface area contributed by atoms with Gasteiger partial charge in [0.05, 0.1) is 55.7 Å². The van der Waals surface area contributed by atoms with Crippen LogP contribution in [0, 0.1) is 6.92 Å². The minimum atomic E-state index is -4.55. The van der Waals surface area contributed by atoms with Gasteiger partial charge in [0.15, 0.2) is 5.82 Å². The summed E-state index contributed by atoms with van der Waals surface area (Å²) >= 11 is 0. The molecule has 11 aromatic carbocycles. The fourth-order valence-corrected chi connectivity index (χ4v) is 12.1. The van der Waals surface area contributed by atoms with Gasteiger partial charge in [0.25, 0.3) is 0 Å². The zero-order valence-electron chi connectivity index (χ0n) is 43.2. The zero-order valence-corrected chi connectivity index (χ0v) is 43.2. The molecule has 4 heterocycles. The molecular formula is C72H46F3N5. The number of halogens is 3. The van der Waals surface area contributed by atoms with E-state index in [2.05, 4.69) is 196 Å². The molecule has 0 amide bonds. The lowest BCUT2D eigenvalue weighted by molar-refractivity contribution is -0.137. The maximum Gasteiger partial charge on any atom is 0.416 e. The number of alkyl halides is 3. The van der Waals surface area contributed by atoms with E-state index >= 15 is 0 Å². The zero-order chi connectivity index (χ0) is 53.6. The Kier molecular flexibility index (Phi) is 10.8. The summed E-state index contributed by atoms with van der Waals surface area (Å²) in [7, 11) is 0. The maximum atomic E-state index is 14.8. The largest absolute Gasteiger partial charge is 0.416 e. The number of para-hydroxylation sites is 4. The summed E-state index contributed by atoms with van der Waals surface area (Å²) in [5, 5.41) is 5.90. The first-order valence-electron chi connectivity index (χ1n) is 26.7. The highest BCUT2D eigenvalue weighted by Gasteiger charge is 2.32. The Labute approximate surface area is 458 Å². The van der Waals surface area contributed by atoms with Crippen molar-refractivity contribution in [3.05, 3.63) is 272 Å². The van der Waals surface area contributed by atoms with Crippen LogP contribution in [0.5, 0.6) is 0 Å². The molecule has 0 aliphatic rings. The fourth-order valence-electron chi connectivity index (χ4n) is 12.1. The van der Waals surface area contributed by atoms with Gasteiger partial charge in [-0.3, -0.25) is 0 Å². The number of aromatic nitrogens is 5. The minimum absolute atomic E-state index is 0.509. The molecule has 0 aliphatic heterocycles. The molecule has 5 nitrogen and oxygen atoms in total. The second-order valence-electron chi connectivity index (χ2n) is 20.5. The molecule has 0 unspecified atom stereocenters. The Bertz CT molecular complexity index is 4570. The van der Waals surface area contributed by atoms with Crippen LogP contribution in [0.3, 0.4) is 0 Å². The minimum Gasteiger partial charge on any atom is -0.309 e. The average molecular weight is 1040 g/mol. The van der Waals surface area contributed by atoms with E-state index in [1.54, 1.807) is 6.07 Å².